The zero-order valence-corrected chi connectivity index (χ0v) is 12.3. The van der Waals surface area contributed by atoms with Crippen molar-refractivity contribution in [3.63, 3.8) is 0 Å². The maximum absolute atomic E-state index is 11.7. The van der Waals surface area contributed by atoms with Crippen LogP contribution in [0.15, 0.2) is 11.4 Å². The summed E-state index contributed by atoms with van der Waals surface area (Å²) in [4.78, 5) is 22.5. The maximum atomic E-state index is 11.7. The van der Waals surface area contributed by atoms with E-state index in [1.165, 1.54) is 6.07 Å². The Morgan fingerprint density at radius 3 is 2.79 bits per heavy atom. The number of aromatic carboxylic acids is 1. The second-order valence-corrected chi connectivity index (χ2v) is 6.50. The first-order chi connectivity index (χ1) is 8.90. The van der Waals surface area contributed by atoms with Gasteiger partial charge in [-0.15, -0.1) is 11.3 Å². The summed E-state index contributed by atoms with van der Waals surface area (Å²) in [6.45, 7) is 1.80. The Balaban J connectivity index is 2.49. The lowest BCUT2D eigenvalue weighted by Crippen LogP contribution is -2.36. The molecule has 3 N–H and O–H groups in total. The van der Waals surface area contributed by atoms with Crippen molar-refractivity contribution in [2.75, 3.05) is 17.3 Å². The highest BCUT2D eigenvalue weighted by Crippen LogP contribution is 2.22. The van der Waals surface area contributed by atoms with Crippen LogP contribution in [-0.2, 0) is 10.8 Å². The van der Waals surface area contributed by atoms with Crippen molar-refractivity contribution in [2.24, 2.45) is 0 Å². The van der Waals surface area contributed by atoms with Crippen molar-refractivity contribution < 1.29 is 18.9 Å². The standard InChI is InChI=1S/C11H16N2O4S2/c1-7(4-6-19(2)17)12-11(16)13-9-8(10(14)15)3-5-18-9/h3,5,7H,4,6H2,1-2H3,(H,14,15)(H2,12,13,16). The van der Waals surface area contributed by atoms with E-state index in [1.54, 1.807) is 18.6 Å². The molecule has 0 fully saturated rings. The minimum atomic E-state index is -1.08. The number of nitrogens with one attached hydrogen (secondary N) is 2. The van der Waals surface area contributed by atoms with Crippen LogP contribution in [0.25, 0.3) is 0 Å². The first kappa shape index (κ1) is 15.6. The molecule has 8 heteroatoms. The van der Waals surface area contributed by atoms with Gasteiger partial charge in [0.25, 0.3) is 0 Å². The van der Waals surface area contributed by atoms with Gasteiger partial charge in [0.2, 0.25) is 0 Å². The molecule has 1 rings (SSSR count). The largest absolute Gasteiger partial charge is 0.478 e. The maximum Gasteiger partial charge on any atom is 0.338 e. The topological polar surface area (TPSA) is 95.5 Å². The fourth-order valence-corrected chi connectivity index (χ4v) is 2.81. The summed E-state index contributed by atoms with van der Waals surface area (Å²) >= 11 is 1.15. The van der Waals surface area contributed by atoms with E-state index in [0.717, 1.165) is 11.3 Å². The lowest BCUT2D eigenvalue weighted by Gasteiger charge is -2.13. The molecule has 0 aromatic carbocycles. The molecule has 0 spiro atoms. The van der Waals surface area contributed by atoms with Gasteiger partial charge in [0.1, 0.15) is 5.00 Å². The minimum absolute atomic E-state index is 0.0717. The first-order valence-electron chi connectivity index (χ1n) is 5.58. The van der Waals surface area contributed by atoms with Gasteiger partial charge in [-0.1, -0.05) is 0 Å². The van der Waals surface area contributed by atoms with Crippen LogP contribution in [0.3, 0.4) is 0 Å². The first-order valence-corrected chi connectivity index (χ1v) is 8.19. The van der Waals surface area contributed by atoms with Crippen LogP contribution in [0.1, 0.15) is 23.7 Å². The molecule has 0 aliphatic carbocycles. The zero-order valence-electron chi connectivity index (χ0n) is 10.6. The van der Waals surface area contributed by atoms with E-state index in [1.807, 2.05) is 0 Å². The molecule has 1 heterocycles. The van der Waals surface area contributed by atoms with Gasteiger partial charge in [0.05, 0.1) is 5.56 Å². The van der Waals surface area contributed by atoms with Gasteiger partial charge in [0, 0.05) is 28.9 Å². The Kier molecular flexibility index (Phi) is 5.97. The molecule has 2 amide bonds. The van der Waals surface area contributed by atoms with Crippen molar-refractivity contribution in [2.45, 2.75) is 19.4 Å². The van der Waals surface area contributed by atoms with Gasteiger partial charge >= 0.3 is 12.0 Å². The molecule has 2 atom stereocenters. The van der Waals surface area contributed by atoms with E-state index in [4.69, 9.17) is 5.11 Å². The van der Waals surface area contributed by atoms with E-state index in [0.29, 0.717) is 17.2 Å². The summed E-state index contributed by atoms with van der Waals surface area (Å²) in [6, 6.07) is 0.850. The zero-order chi connectivity index (χ0) is 14.4. The number of urea groups is 1. The third-order valence-electron chi connectivity index (χ3n) is 2.34. The Morgan fingerprint density at radius 1 is 1.53 bits per heavy atom. The third kappa shape index (κ3) is 5.39. The van der Waals surface area contributed by atoms with Crippen LogP contribution in [0.5, 0.6) is 0 Å². The average molecular weight is 304 g/mol. The summed E-state index contributed by atoms with van der Waals surface area (Å²) < 4.78 is 10.9. The number of hydrogen-bond acceptors (Lipinski definition) is 4. The van der Waals surface area contributed by atoms with Gasteiger partial charge in [-0.05, 0) is 24.8 Å². The van der Waals surface area contributed by atoms with Crippen LogP contribution in [0.2, 0.25) is 0 Å². The molecule has 0 saturated carbocycles. The molecule has 0 radical (unpaired) electrons. The molecule has 1 aromatic rings. The van der Waals surface area contributed by atoms with Crippen LogP contribution in [-0.4, -0.2) is 39.4 Å². The smallest absolute Gasteiger partial charge is 0.338 e. The summed E-state index contributed by atoms with van der Waals surface area (Å²) in [5.41, 5.74) is 0.0717. The summed E-state index contributed by atoms with van der Waals surface area (Å²) in [7, 11) is -0.890. The molecule has 0 aliphatic heterocycles. The van der Waals surface area contributed by atoms with Crippen molar-refractivity contribution >= 4 is 39.1 Å². The van der Waals surface area contributed by atoms with Crippen LogP contribution in [0, 0.1) is 0 Å². The lowest BCUT2D eigenvalue weighted by molar-refractivity contribution is 0.0698. The number of thiophene rings is 1. The summed E-state index contributed by atoms with van der Waals surface area (Å²) in [5, 5.41) is 16.0. The highest BCUT2D eigenvalue weighted by atomic mass is 32.2. The van der Waals surface area contributed by atoms with Gasteiger partial charge < -0.3 is 10.4 Å². The normalized spacial score (nSPS) is 13.6. The molecule has 1 aromatic heterocycles. The van der Waals surface area contributed by atoms with Gasteiger partial charge in [-0.2, -0.15) is 0 Å². The molecule has 0 bridgehead atoms. The number of rotatable bonds is 6. The van der Waals surface area contributed by atoms with E-state index in [-0.39, 0.29) is 11.6 Å². The number of anilines is 1. The minimum Gasteiger partial charge on any atom is -0.478 e. The highest BCUT2D eigenvalue weighted by molar-refractivity contribution is 7.84. The Morgan fingerprint density at radius 2 is 2.21 bits per heavy atom. The number of carbonyl (C=O) groups excluding carboxylic acids is 1. The van der Waals surface area contributed by atoms with Gasteiger partial charge in [-0.25, -0.2) is 9.59 Å². The Labute approximate surface area is 117 Å². The second kappa shape index (κ2) is 7.25. The number of amides is 2. The monoisotopic (exact) mass is 304 g/mol. The van der Waals surface area contributed by atoms with E-state index in [2.05, 4.69) is 10.6 Å². The molecule has 106 valence electrons. The molecular weight excluding hydrogens is 288 g/mol. The van der Waals surface area contributed by atoms with E-state index in [9.17, 15) is 13.8 Å². The van der Waals surface area contributed by atoms with Crippen molar-refractivity contribution in [3.8, 4) is 0 Å². The summed E-state index contributed by atoms with van der Waals surface area (Å²) in [6.07, 6.45) is 2.21. The SMILES string of the molecule is CC(CCS(C)=O)NC(=O)Nc1sccc1C(=O)O. The molecule has 2 unspecified atom stereocenters. The molecule has 6 nitrogen and oxygen atoms in total. The molecule has 0 aliphatic rings. The third-order valence-corrected chi connectivity index (χ3v) is 3.98. The van der Waals surface area contributed by atoms with Crippen LogP contribution >= 0.6 is 11.3 Å². The predicted octanol–water partition coefficient (Wildman–Crippen LogP) is 1.72. The molecule has 19 heavy (non-hydrogen) atoms. The second-order valence-electron chi connectivity index (χ2n) is 4.03. The molecular formula is C11H16N2O4S2. The van der Waals surface area contributed by atoms with Crippen LogP contribution < -0.4 is 10.6 Å². The quantitative estimate of drug-likeness (QED) is 0.745. The highest BCUT2D eigenvalue weighted by Gasteiger charge is 2.14. The number of carbonyl (C=O) groups is 2. The van der Waals surface area contributed by atoms with Crippen molar-refractivity contribution in [3.05, 3.63) is 17.0 Å². The van der Waals surface area contributed by atoms with Crippen molar-refractivity contribution in [1.29, 1.82) is 0 Å². The number of hydrogen-bond donors (Lipinski definition) is 3. The molecule has 0 saturated heterocycles. The van der Waals surface area contributed by atoms with Crippen LogP contribution in [0.4, 0.5) is 9.80 Å². The van der Waals surface area contributed by atoms with E-state index < -0.39 is 22.8 Å². The fraction of sp³-hybridized carbons (Fsp3) is 0.455. The van der Waals surface area contributed by atoms with Crippen molar-refractivity contribution in [1.82, 2.24) is 5.32 Å². The summed E-state index contributed by atoms with van der Waals surface area (Å²) in [5.74, 6) is -0.563. The number of carboxylic acid groups (broad SMARTS) is 1. The average Bonchev–Trinajstić information content (AvgIpc) is 2.74. The Hall–Kier alpha value is -1.41. The fourth-order valence-electron chi connectivity index (χ4n) is 1.35. The predicted molar refractivity (Wildman–Crippen MR) is 76.4 cm³/mol. The number of carboxylic acids is 1. The van der Waals surface area contributed by atoms with Gasteiger partial charge in [0.15, 0.2) is 0 Å². The Bertz CT molecular complexity index is 487. The lowest BCUT2D eigenvalue weighted by atomic mass is 10.3. The van der Waals surface area contributed by atoms with Gasteiger partial charge in [-0.3, -0.25) is 9.53 Å². The van der Waals surface area contributed by atoms with E-state index >= 15 is 0 Å².